The molecule has 4 nitrogen and oxygen atoms in total. The highest BCUT2D eigenvalue weighted by atomic mass is 127. The van der Waals surface area contributed by atoms with Crippen molar-refractivity contribution in [3.05, 3.63) is 33.1 Å². The largest absolute Gasteiger partial charge is 0.490 e. The van der Waals surface area contributed by atoms with Gasteiger partial charge in [-0.05, 0) is 59.9 Å². The van der Waals surface area contributed by atoms with E-state index in [-0.39, 0.29) is 17.8 Å². The smallest absolute Gasteiger partial charge is 0.373 e. The lowest BCUT2D eigenvalue weighted by Crippen LogP contribution is -2.47. The number of carbonyl (C=O) groups excluding carboxylic acids is 1. The minimum absolute atomic E-state index is 0.123. The lowest BCUT2D eigenvalue weighted by molar-refractivity contribution is -0.139. The monoisotopic (exact) mass is 550 g/mol. The summed E-state index contributed by atoms with van der Waals surface area (Å²) in [5.41, 5.74) is 2.91. The van der Waals surface area contributed by atoms with E-state index in [1.54, 1.807) is 6.08 Å². The van der Waals surface area contributed by atoms with Crippen LogP contribution in [-0.2, 0) is 18.7 Å². The number of hydrogen-bond acceptors (Lipinski definition) is 4. The molecule has 0 aromatic rings. The summed E-state index contributed by atoms with van der Waals surface area (Å²) in [7, 11) is 0.993. The second-order valence-electron chi connectivity index (χ2n) is 8.62. The maximum Gasteiger partial charge on any atom is 0.373 e. The Hall–Kier alpha value is -0.603. The predicted octanol–water partition coefficient (Wildman–Crippen LogP) is 7.42. The first kappa shape index (κ1) is 29.4. The predicted molar refractivity (Wildman–Crippen MR) is 138 cm³/mol. The minimum atomic E-state index is -1.85. The van der Waals surface area contributed by atoms with E-state index in [2.05, 4.69) is 81.2 Å². The molecule has 0 aliphatic heterocycles. The third-order valence-electron chi connectivity index (χ3n) is 6.02. The van der Waals surface area contributed by atoms with Crippen LogP contribution in [-0.4, -0.2) is 34.6 Å². The number of allylic oxidation sites excluding steroid dienone is 3. The van der Waals surface area contributed by atoms with Gasteiger partial charge in [-0.15, -0.1) is 0 Å². The number of carbonyl (C=O) groups is 1. The average molecular weight is 551 g/mol. The second kappa shape index (κ2) is 14.5. The van der Waals surface area contributed by atoms with Gasteiger partial charge in [0.25, 0.3) is 0 Å². The third kappa shape index (κ3) is 8.87. The molecule has 0 amide bonds. The zero-order chi connectivity index (χ0) is 23.5. The zero-order valence-electron chi connectivity index (χ0n) is 20.7. The molecule has 0 saturated carbocycles. The van der Waals surface area contributed by atoms with Gasteiger partial charge in [-0.2, -0.15) is 0 Å². The van der Waals surface area contributed by atoms with E-state index in [0.717, 1.165) is 24.1 Å². The Kier molecular flexibility index (Phi) is 14.2. The molecule has 0 spiro atoms. The first-order valence-electron chi connectivity index (χ1n) is 11.0. The van der Waals surface area contributed by atoms with Crippen LogP contribution in [0.3, 0.4) is 0 Å². The normalized spacial score (nSPS) is 17.0. The fourth-order valence-corrected chi connectivity index (χ4v) is 8.10. The van der Waals surface area contributed by atoms with Gasteiger partial charge in [0.2, 0.25) is 5.76 Å². The molecule has 0 rings (SSSR count). The van der Waals surface area contributed by atoms with E-state index in [4.69, 9.17) is 13.9 Å². The second-order valence-corrected chi connectivity index (χ2v) is 14.2. The fraction of sp³-hybridized carbons (Fsp3) is 0.708. The average Bonchev–Trinajstić information content (AvgIpc) is 2.71. The maximum absolute atomic E-state index is 11.8. The molecule has 30 heavy (non-hydrogen) atoms. The zero-order valence-corrected chi connectivity index (χ0v) is 23.8. The molecular weight excluding hydrogens is 507 g/mol. The highest BCUT2D eigenvalue weighted by Gasteiger charge is 2.39. The summed E-state index contributed by atoms with van der Waals surface area (Å²) in [5.74, 6) is 0.341. The number of halogens is 1. The number of methoxy groups -OCH3 is 2. The summed E-state index contributed by atoms with van der Waals surface area (Å²) in [5, 5.41) is 0. The van der Waals surface area contributed by atoms with Gasteiger partial charge in [-0.25, -0.2) is 4.79 Å². The Bertz CT molecular complexity index is 621. The summed E-state index contributed by atoms with van der Waals surface area (Å²) < 4.78 is 19.2. The van der Waals surface area contributed by atoms with Gasteiger partial charge in [0, 0.05) is 0 Å². The molecular formula is C24H43IO4Si. The summed E-state index contributed by atoms with van der Waals surface area (Å²) in [6, 6.07) is 2.24. The molecule has 0 aromatic carbocycles. The Morgan fingerprint density at radius 2 is 1.60 bits per heavy atom. The number of esters is 1. The van der Waals surface area contributed by atoms with Crippen LogP contribution in [0.4, 0.5) is 0 Å². The molecule has 0 aromatic heterocycles. The molecule has 6 heteroatoms. The van der Waals surface area contributed by atoms with Crippen molar-refractivity contribution in [1.82, 2.24) is 0 Å². The molecule has 0 unspecified atom stereocenters. The first-order chi connectivity index (χ1) is 14.0. The summed E-state index contributed by atoms with van der Waals surface area (Å²) in [6.45, 7) is 17.9. The Labute approximate surface area is 199 Å². The number of rotatable bonds is 13. The summed E-state index contributed by atoms with van der Waals surface area (Å²) >= 11 is 2.32. The highest BCUT2D eigenvalue weighted by molar-refractivity contribution is 14.1. The van der Waals surface area contributed by atoms with E-state index >= 15 is 0 Å². The van der Waals surface area contributed by atoms with Crippen LogP contribution < -0.4 is 0 Å². The SMILES string of the molecule is CC[Si](CC)(O[C@H]([C@H](C)/C=C(C)/C=C(\OC)C(=O)OC)[C@@H](C)C/C(C)=C/I)C(C)C. The standard InChI is InChI=1S/C24H43IO4Si/c1-11-30(12-2,17(3)4)29-23(21(8)14-19(6)16-25)20(7)13-18(5)15-22(27-9)24(26)28-10/h13,15-17,20-21,23H,11-12,14H2,1-10H3/b18-13+,19-16+,22-15-/t20-,21+,23-/m1/s1. The third-order valence-corrected chi connectivity index (χ3v) is 12.3. The molecule has 0 radical (unpaired) electrons. The van der Waals surface area contributed by atoms with Crippen LogP contribution in [0.1, 0.15) is 61.8 Å². The van der Waals surface area contributed by atoms with Crippen molar-refractivity contribution in [2.75, 3.05) is 14.2 Å². The van der Waals surface area contributed by atoms with Gasteiger partial charge in [0.1, 0.15) is 0 Å². The molecule has 0 saturated heterocycles. The lowest BCUT2D eigenvalue weighted by atomic mass is 9.88. The minimum Gasteiger partial charge on any atom is -0.490 e. The fourth-order valence-electron chi connectivity index (χ4n) is 4.12. The van der Waals surface area contributed by atoms with E-state index in [9.17, 15) is 4.79 Å². The molecule has 0 bridgehead atoms. The number of hydrogen-bond donors (Lipinski definition) is 0. The van der Waals surface area contributed by atoms with Crippen LogP contribution in [0.25, 0.3) is 0 Å². The van der Waals surface area contributed by atoms with Crippen molar-refractivity contribution in [3.8, 4) is 0 Å². The molecule has 174 valence electrons. The molecule has 0 fully saturated rings. The van der Waals surface area contributed by atoms with E-state index < -0.39 is 14.3 Å². The Morgan fingerprint density at radius 1 is 1.03 bits per heavy atom. The van der Waals surface area contributed by atoms with Crippen LogP contribution in [0.5, 0.6) is 0 Å². The van der Waals surface area contributed by atoms with Crippen LogP contribution in [0.15, 0.2) is 33.1 Å². The maximum atomic E-state index is 11.8. The topological polar surface area (TPSA) is 44.8 Å². The molecule has 0 aliphatic carbocycles. The first-order valence-corrected chi connectivity index (χ1v) is 14.6. The molecule has 0 N–H and O–H groups in total. The number of ether oxygens (including phenoxy) is 2. The van der Waals surface area contributed by atoms with Gasteiger partial charge < -0.3 is 13.9 Å². The summed E-state index contributed by atoms with van der Waals surface area (Å²) in [4.78, 5) is 11.8. The van der Waals surface area contributed by atoms with Crippen molar-refractivity contribution in [2.45, 2.75) is 85.5 Å². The molecule has 0 aliphatic rings. The van der Waals surface area contributed by atoms with Crippen LogP contribution >= 0.6 is 22.6 Å². The van der Waals surface area contributed by atoms with Gasteiger partial charge in [0.15, 0.2) is 8.32 Å². The van der Waals surface area contributed by atoms with Crippen LogP contribution in [0, 0.1) is 11.8 Å². The van der Waals surface area contributed by atoms with Gasteiger partial charge in [-0.3, -0.25) is 0 Å². The molecule has 3 atom stereocenters. The van der Waals surface area contributed by atoms with E-state index in [1.807, 2.05) is 6.92 Å². The van der Waals surface area contributed by atoms with Crippen molar-refractivity contribution in [2.24, 2.45) is 11.8 Å². The van der Waals surface area contributed by atoms with Gasteiger partial charge >= 0.3 is 5.97 Å². The van der Waals surface area contributed by atoms with Gasteiger partial charge in [-0.1, -0.05) is 81.4 Å². The Balaban J connectivity index is 5.99. The quantitative estimate of drug-likeness (QED) is 0.0598. The summed E-state index contributed by atoms with van der Waals surface area (Å²) in [6.07, 6.45) is 5.07. The van der Waals surface area contributed by atoms with Crippen LogP contribution in [0.2, 0.25) is 17.6 Å². The lowest BCUT2D eigenvalue weighted by Gasteiger charge is -2.41. The van der Waals surface area contributed by atoms with Crippen molar-refractivity contribution < 1.29 is 18.7 Å². The highest BCUT2D eigenvalue weighted by Crippen LogP contribution is 2.36. The van der Waals surface area contributed by atoms with Crippen molar-refractivity contribution in [3.63, 3.8) is 0 Å². The van der Waals surface area contributed by atoms with Gasteiger partial charge in [0.05, 0.1) is 20.3 Å². The van der Waals surface area contributed by atoms with Crippen molar-refractivity contribution in [1.29, 1.82) is 0 Å². The Morgan fingerprint density at radius 3 is 2.00 bits per heavy atom. The van der Waals surface area contributed by atoms with E-state index in [1.165, 1.54) is 19.8 Å². The van der Waals surface area contributed by atoms with Crippen molar-refractivity contribution >= 4 is 36.9 Å². The molecule has 0 heterocycles. The van der Waals surface area contributed by atoms with E-state index in [0.29, 0.717) is 11.5 Å².